The van der Waals surface area contributed by atoms with Crippen LogP contribution in [0.1, 0.15) is 17.0 Å². The molecule has 0 aliphatic heterocycles. The van der Waals surface area contributed by atoms with E-state index in [4.69, 9.17) is 5.73 Å². The number of phenols is 1. The second kappa shape index (κ2) is 6.03. The second-order valence-corrected chi connectivity index (χ2v) is 5.27. The number of halogens is 1. The van der Waals surface area contributed by atoms with Gasteiger partial charge >= 0.3 is 0 Å². The number of phenolic OH excluding ortho intramolecular Hbond substituents is 1. The van der Waals surface area contributed by atoms with Crippen LogP contribution in [0.3, 0.4) is 0 Å². The Hall–Kier alpha value is -1.32. The molecule has 0 saturated heterocycles. The van der Waals surface area contributed by atoms with Gasteiger partial charge in [0.25, 0.3) is 0 Å². The minimum absolute atomic E-state index is 0.278. The van der Waals surface area contributed by atoms with E-state index in [-0.39, 0.29) is 5.92 Å². The number of rotatable bonds is 4. The van der Waals surface area contributed by atoms with Gasteiger partial charge in [-0.3, -0.25) is 0 Å². The van der Waals surface area contributed by atoms with Crippen molar-refractivity contribution in [2.75, 3.05) is 6.54 Å². The number of aromatic hydroxyl groups is 1. The Bertz CT molecular complexity index is 510. The molecule has 2 aromatic carbocycles. The van der Waals surface area contributed by atoms with Crippen molar-refractivity contribution in [3.05, 3.63) is 64.1 Å². The number of nitrogens with two attached hydrogens (primary N) is 1. The quantitative estimate of drug-likeness (QED) is 0.909. The topological polar surface area (TPSA) is 46.2 Å². The Morgan fingerprint density at radius 1 is 1.11 bits per heavy atom. The Balaban J connectivity index is 2.17. The summed E-state index contributed by atoms with van der Waals surface area (Å²) in [6, 6.07) is 15.6. The molecule has 2 aromatic rings. The highest BCUT2D eigenvalue weighted by molar-refractivity contribution is 9.10. The second-order valence-electron chi connectivity index (χ2n) is 4.36. The fraction of sp³-hybridized carbons (Fsp3) is 0.200. The van der Waals surface area contributed by atoms with Gasteiger partial charge in [0.2, 0.25) is 0 Å². The van der Waals surface area contributed by atoms with Crippen molar-refractivity contribution >= 4 is 15.9 Å². The molecule has 1 atom stereocenters. The molecule has 2 nitrogen and oxygen atoms in total. The van der Waals surface area contributed by atoms with E-state index >= 15 is 0 Å². The first-order valence-corrected chi connectivity index (χ1v) is 6.72. The third-order valence-corrected chi connectivity index (χ3v) is 3.55. The molecule has 3 N–H and O–H groups in total. The third kappa shape index (κ3) is 3.34. The lowest BCUT2D eigenvalue weighted by Gasteiger charge is -2.15. The van der Waals surface area contributed by atoms with E-state index in [2.05, 4.69) is 28.1 Å². The van der Waals surface area contributed by atoms with E-state index in [1.54, 1.807) is 12.1 Å². The highest BCUT2D eigenvalue weighted by Gasteiger charge is 2.10. The van der Waals surface area contributed by atoms with Crippen LogP contribution >= 0.6 is 15.9 Å². The molecule has 0 heterocycles. The normalized spacial score (nSPS) is 12.3. The molecule has 0 spiro atoms. The highest BCUT2D eigenvalue weighted by Crippen LogP contribution is 2.23. The maximum Gasteiger partial charge on any atom is 0.115 e. The zero-order valence-electron chi connectivity index (χ0n) is 10.0. The molecule has 0 aliphatic carbocycles. The average Bonchev–Trinajstić information content (AvgIpc) is 2.37. The molecule has 0 saturated carbocycles. The Labute approximate surface area is 116 Å². The van der Waals surface area contributed by atoms with Gasteiger partial charge in [0, 0.05) is 10.4 Å². The van der Waals surface area contributed by atoms with Gasteiger partial charge < -0.3 is 10.8 Å². The molecule has 1 unspecified atom stereocenters. The van der Waals surface area contributed by atoms with Gasteiger partial charge in [-0.25, -0.2) is 0 Å². The Morgan fingerprint density at radius 2 is 1.83 bits per heavy atom. The lowest BCUT2D eigenvalue weighted by molar-refractivity contribution is 0.474. The lowest BCUT2D eigenvalue weighted by atomic mass is 9.92. The molecule has 3 heteroatoms. The standard InChI is InChI=1S/C15H16BrNO/c16-14-6-4-12(5-7-14)13(10-17)8-11-2-1-3-15(18)9-11/h1-7,9,13,18H,8,10,17H2. The van der Waals surface area contributed by atoms with Crippen molar-refractivity contribution in [1.29, 1.82) is 0 Å². The van der Waals surface area contributed by atoms with Crippen LogP contribution in [0.2, 0.25) is 0 Å². The van der Waals surface area contributed by atoms with Crippen LogP contribution in [-0.2, 0) is 6.42 Å². The van der Waals surface area contributed by atoms with E-state index in [0.29, 0.717) is 12.3 Å². The van der Waals surface area contributed by atoms with Crippen molar-refractivity contribution in [3.63, 3.8) is 0 Å². The third-order valence-electron chi connectivity index (χ3n) is 3.02. The molecule has 0 aromatic heterocycles. The molecule has 0 amide bonds. The van der Waals surface area contributed by atoms with E-state index in [1.165, 1.54) is 5.56 Å². The van der Waals surface area contributed by atoms with Gasteiger partial charge in [0.15, 0.2) is 0 Å². The highest BCUT2D eigenvalue weighted by atomic mass is 79.9. The largest absolute Gasteiger partial charge is 0.508 e. The maximum atomic E-state index is 9.47. The molecule has 94 valence electrons. The summed E-state index contributed by atoms with van der Waals surface area (Å²) in [6.07, 6.45) is 0.840. The number of hydrogen-bond donors (Lipinski definition) is 2. The molecular weight excluding hydrogens is 290 g/mol. The minimum atomic E-state index is 0.278. The SMILES string of the molecule is NCC(Cc1cccc(O)c1)c1ccc(Br)cc1. The summed E-state index contributed by atoms with van der Waals surface area (Å²) in [4.78, 5) is 0. The lowest BCUT2D eigenvalue weighted by Crippen LogP contribution is -2.14. The summed E-state index contributed by atoms with van der Waals surface area (Å²) in [5, 5.41) is 9.47. The zero-order valence-corrected chi connectivity index (χ0v) is 11.6. The monoisotopic (exact) mass is 305 g/mol. The fourth-order valence-corrected chi connectivity index (χ4v) is 2.30. The van der Waals surface area contributed by atoms with Crippen LogP contribution in [0.4, 0.5) is 0 Å². The summed E-state index contributed by atoms with van der Waals surface area (Å²) in [6.45, 7) is 0.595. The van der Waals surface area contributed by atoms with Gasteiger partial charge in [0.1, 0.15) is 5.75 Å². The maximum absolute atomic E-state index is 9.47. The van der Waals surface area contributed by atoms with Crippen molar-refractivity contribution < 1.29 is 5.11 Å². The molecule has 0 fully saturated rings. The van der Waals surface area contributed by atoms with E-state index in [0.717, 1.165) is 16.5 Å². The van der Waals surface area contributed by atoms with Gasteiger partial charge in [-0.15, -0.1) is 0 Å². The molecule has 2 rings (SSSR count). The van der Waals surface area contributed by atoms with Gasteiger partial charge in [-0.05, 0) is 48.4 Å². The van der Waals surface area contributed by atoms with E-state index < -0.39 is 0 Å². The number of hydrogen-bond acceptors (Lipinski definition) is 2. The summed E-state index contributed by atoms with van der Waals surface area (Å²) in [7, 11) is 0. The minimum Gasteiger partial charge on any atom is -0.508 e. The smallest absolute Gasteiger partial charge is 0.115 e. The number of benzene rings is 2. The molecule has 18 heavy (non-hydrogen) atoms. The van der Waals surface area contributed by atoms with Crippen LogP contribution < -0.4 is 5.73 Å². The predicted octanol–water partition coefficient (Wildman–Crippen LogP) is 3.44. The summed E-state index contributed by atoms with van der Waals surface area (Å²) in [5.74, 6) is 0.582. The van der Waals surface area contributed by atoms with Gasteiger partial charge in [-0.1, -0.05) is 40.2 Å². The van der Waals surface area contributed by atoms with Crippen molar-refractivity contribution in [2.45, 2.75) is 12.3 Å². The van der Waals surface area contributed by atoms with Gasteiger partial charge in [0.05, 0.1) is 0 Å². The summed E-state index contributed by atoms with van der Waals surface area (Å²) in [5.41, 5.74) is 8.19. The predicted molar refractivity (Wildman–Crippen MR) is 77.7 cm³/mol. The first-order chi connectivity index (χ1) is 8.69. The van der Waals surface area contributed by atoms with E-state index in [1.807, 2.05) is 24.3 Å². The molecule has 0 aliphatic rings. The Kier molecular flexibility index (Phi) is 4.39. The first-order valence-electron chi connectivity index (χ1n) is 5.92. The van der Waals surface area contributed by atoms with Crippen LogP contribution in [0.15, 0.2) is 53.0 Å². The molecule has 0 radical (unpaired) electrons. The van der Waals surface area contributed by atoms with Crippen LogP contribution in [0, 0.1) is 0 Å². The van der Waals surface area contributed by atoms with Crippen molar-refractivity contribution in [1.82, 2.24) is 0 Å². The van der Waals surface area contributed by atoms with Crippen LogP contribution in [0.5, 0.6) is 5.75 Å². The van der Waals surface area contributed by atoms with Gasteiger partial charge in [-0.2, -0.15) is 0 Å². The first kappa shape index (κ1) is 13.1. The van der Waals surface area contributed by atoms with Crippen LogP contribution in [0.25, 0.3) is 0 Å². The van der Waals surface area contributed by atoms with E-state index in [9.17, 15) is 5.11 Å². The molecular formula is C15H16BrNO. The van der Waals surface area contributed by atoms with Crippen LogP contribution in [-0.4, -0.2) is 11.7 Å². The van der Waals surface area contributed by atoms with Crippen molar-refractivity contribution in [3.8, 4) is 5.75 Å². The zero-order chi connectivity index (χ0) is 13.0. The Morgan fingerprint density at radius 3 is 2.44 bits per heavy atom. The summed E-state index contributed by atoms with van der Waals surface area (Å²) < 4.78 is 1.07. The summed E-state index contributed by atoms with van der Waals surface area (Å²) >= 11 is 3.43. The molecule has 0 bridgehead atoms. The average molecular weight is 306 g/mol. The van der Waals surface area contributed by atoms with Crippen molar-refractivity contribution in [2.24, 2.45) is 5.73 Å². The fourth-order valence-electron chi connectivity index (χ4n) is 2.04.